The summed E-state index contributed by atoms with van der Waals surface area (Å²) in [4.78, 5) is 8.15. The number of hydrogen-bond acceptors (Lipinski definition) is 3. The van der Waals surface area contributed by atoms with Crippen molar-refractivity contribution in [3.8, 4) is 66.8 Å². The highest BCUT2D eigenvalue weighted by Crippen LogP contribution is 2.48. The summed E-state index contributed by atoms with van der Waals surface area (Å²) < 4.78 is 0. The van der Waals surface area contributed by atoms with E-state index in [0.717, 1.165) is 37.1 Å². The highest BCUT2D eigenvalue weighted by molar-refractivity contribution is 7.00. The number of anilines is 6. The van der Waals surface area contributed by atoms with Crippen LogP contribution in [0.5, 0.6) is 0 Å². The van der Waals surface area contributed by atoms with E-state index in [1.165, 1.54) is 231 Å². The summed E-state index contributed by atoms with van der Waals surface area (Å²) in [6.45, 7) is 1.79. The third kappa shape index (κ3) is 13.3. The standard InChI is InChI=1S/C125H88BN3/c1-7-27-87(28-8-1)89-57-61-99(62-58-89)129(100-63-59-90(60-64-100)88-29-9-2-10-30-88)81-86-79-119-125-120(80-86)128(70-68-106-103(93-35-15-5-16-36-93)47-26-48-104(106)94-37-17-6-18-38-94)118-78-83(72-85-74-98-44-24-52-110-108-50-20-40-96-42-22-54-112(122(96)108)114(76-85)124(98)110)56-66-116(118)126(125)115-65-55-82(71-84-73-97-43-23-51-109-107-49-19-39-95-41-21-53-111(121(95)107)113(75-84)123(97)109)77-117(115)127(119)69-67-105-101(91-31-11-3-12-32-91)45-25-46-102(105)92-33-13-4-14-34-92/h1-66,73-80H,67-72,81H2. The molecule has 0 aliphatic carbocycles. The van der Waals surface area contributed by atoms with Crippen LogP contribution in [-0.2, 0) is 32.2 Å². The van der Waals surface area contributed by atoms with Crippen molar-refractivity contribution in [3.05, 3.63) is 488 Å². The van der Waals surface area contributed by atoms with Gasteiger partial charge in [-0.2, -0.15) is 0 Å². The van der Waals surface area contributed by atoms with Gasteiger partial charge in [0.05, 0.1) is 0 Å². The second-order valence-electron chi connectivity index (χ2n) is 35.5. The van der Waals surface area contributed by atoms with Gasteiger partial charge in [0.25, 0.3) is 6.71 Å². The fourth-order valence-electron chi connectivity index (χ4n) is 22.4. The zero-order valence-corrected chi connectivity index (χ0v) is 71.6. The van der Waals surface area contributed by atoms with Crippen molar-refractivity contribution in [2.75, 3.05) is 27.8 Å². The molecule has 0 saturated carbocycles. The molecule has 23 aromatic rings. The second kappa shape index (κ2) is 31.7. The Kier molecular flexibility index (Phi) is 18.6. The Morgan fingerprint density at radius 2 is 0.504 bits per heavy atom. The van der Waals surface area contributed by atoms with E-state index >= 15 is 0 Å². The van der Waals surface area contributed by atoms with Crippen LogP contribution in [0.15, 0.2) is 449 Å². The Morgan fingerprint density at radius 3 is 0.853 bits per heavy atom. The molecule has 0 amide bonds. The predicted octanol–water partition coefficient (Wildman–Crippen LogP) is 30.2. The molecule has 0 fully saturated rings. The topological polar surface area (TPSA) is 9.72 Å². The molecule has 129 heavy (non-hydrogen) atoms. The van der Waals surface area contributed by atoms with Crippen molar-refractivity contribution in [2.45, 2.75) is 32.2 Å². The summed E-state index contributed by atoms with van der Waals surface area (Å²) in [5.74, 6) is 0. The summed E-state index contributed by atoms with van der Waals surface area (Å²) in [6.07, 6.45) is 2.99. The Morgan fingerprint density at radius 1 is 0.209 bits per heavy atom. The van der Waals surface area contributed by atoms with Gasteiger partial charge in [0.15, 0.2) is 0 Å². The molecule has 0 saturated heterocycles. The van der Waals surface area contributed by atoms with E-state index < -0.39 is 0 Å². The van der Waals surface area contributed by atoms with Crippen molar-refractivity contribution in [1.82, 2.24) is 0 Å². The molecule has 606 valence electrons. The Balaban J connectivity index is 0.728. The highest BCUT2D eigenvalue weighted by Gasteiger charge is 2.44. The van der Waals surface area contributed by atoms with Crippen LogP contribution in [-0.4, -0.2) is 19.8 Å². The van der Waals surface area contributed by atoms with Gasteiger partial charge in [0.1, 0.15) is 0 Å². The summed E-state index contributed by atoms with van der Waals surface area (Å²) in [6, 6.07) is 171. The minimum absolute atomic E-state index is 0.155. The largest absolute Gasteiger partial charge is 0.342 e. The first-order chi connectivity index (χ1) is 63.9. The molecule has 0 unspecified atom stereocenters. The average molecular weight is 1640 g/mol. The SMILES string of the molecule is c1ccc(-c2ccc(N(Cc3cc4c5c(c3)N(CCc3c(-c6ccccc6)cccc3-c3ccccc3)c3cc(Cc6cc7cccc8c9cccc%10cccc(c(c6)c78)c%109)ccc3B5c3ccc(Cc5cc6cccc7c8cccc9cccc(c(c5)c67)c98)cc3N4CCc3c(-c4ccccc4)cccc3-c3ccccc3)c3ccc(-c4ccccc4)cc3)cc2)cc1. The zero-order chi connectivity index (χ0) is 85.0. The fraction of sp³-hybridized carbons (Fsp3) is 0.0560. The minimum atomic E-state index is -0.155. The molecular formula is C125H88BN3. The van der Waals surface area contributed by atoms with Crippen molar-refractivity contribution in [1.29, 1.82) is 0 Å². The van der Waals surface area contributed by atoms with Crippen LogP contribution in [0.3, 0.4) is 0 Å². The van der Waals surface area contributed by atoms with E-state index in [4.69, 9.17) is 0 Å². The molecule has 2 aliphatic heterocycles. The first-order valence-electron chi connectivity index (χ1n) is 45.6. The Labute approximate surface area is 752 Å². The lowest BCUT2D eigenvalue weighted by atomic mass is 9.33. The van der Waals surface area contributed by atoms with Crippen molar-refractivity contribution in [2.24, 2.45) is 0 Å². The van der Waals surface area contributed by atoms with Gasteiger partial charge in [0.2, 0.25) is 0 Å². The molecule has 25 rings (SSSR count). The number of hydrogen-bond donors (Lipinski definition) is 0. The molecular weight excluding hydrogens is 1550 g/mol. The fourth-order valence-corrected chi connectivity index (χ4v) is 22.4. The van der Waals surface area contributed by atoms with Crippen LogP contribution in [0.4, 0.5) is 34.1 Å². The number of nitrogens with zero attached hydrogens (tertiary/aromatic N) is 3. The monoisotopic (exact) mass is 1640 g/mol. The normalized spacial score (nSPS) is 12.4. The van der Waals surface area contributed by atoms with E-state index in [2.05, 4.69) is 464 Å². The first kappa shape index (κ1) is 75.6. The summed E-state index contributed by atoms with van der Waals surface area (Å²) in [7, 11) is 0. The summed E-state index contributed by atoms with van der Waals surface area (Å²) >= 11 is 0. The van der Waals surface area contributed by atoms with Gasteiger partial charge < -0.3 is 14.7 Å². The molecule has 4 heteroatoms. The van der Waals surface area contributed by atoms with Gasteiger partial charge in [-0.15, -0.1) is 0 Å². The van der Waals surface area contributed by atoms with E-state index in [9.17, 15) is 0 Å². The van der Waals surface area contributed by atoms with Crippen molar-refractivity contribution in [3.63, 3.8) is 0 Å². The highest BCUT2D eigenvalue weighted by atomic mass is 15.2. The second-order valence-corrected chi connectivity index (χ2v) is 35.5. The first-order valence-corrected chi connectivity index (χ1v) is 45.6. The van der Waals surface area contributed by atoms with Gasteiger partial charge in [-0.05, 0) is 282 Å². The molecule has 23 aromatic carbocycles. The van der Waals surface area contributed by atoms with Crippen LogP contribution in [0.25, 0.3) is 153 Å². The average Bonchev–Trinajstić information content (AvgIpc) is 0.712. The molecule has 3 nitrogen and oxygen atoms in total. The maximum Gasteiger partial charge on any atom is 0.252 e. The van der Waals surface area contributed by atoms with E-state index in [1.807, 2.05) is 0 Å². The third-order valence-electron chi connectivity index (χ3n) is 28.1. The summed E-state index contributed by atoms with van der Waals surface area (Å²) in [5, 5.41) is 20.9. The molecule has 0 aromatic heterocycles. The molecule has 0 atom stereocenters. The number of rotatable bonds is 20. The minimum Gasteiger partial charge on any atom is -0.342 e. The van der Waals surface area contributed by atoms with Gasteiger partial charge in [-0.3, -0.25) is 0 Å². The molecule has 0 bridgehead atoms. The maximum atomic E-state index is 2.79. The molecule has 0 radical (unpaired) electrons. The van der Waals surface area contributed by atoms with Gasteiger partial charge >= 0.3 is 0 Å². The molecule has 0 N–H and O–H groups in total. The smallest absolute Gasteiger partial charge is 0.252 e. The van der Waals surface area contributed by atoms with E-state index in [-0.39, 0.29) is 6.71 Å². The predicted molar refractivity (Wildman–Crippen MR) is 551 cm³/mol. The Hall–Kier alpha value is -15.9. The number of benzene rings is 23. The molecule has 0 spiro atoms. The zero-order valence-electron chi connectivity index (χ0n) is 71.6. The molecule has 2 aliphatic rings. The van der Waals surface area contributed by atoms with E-state index in [1.54, 1.807) is 0 Å². The van der Waals surface area contributed by atoms with Crippen molar-refractivity contribution >= 4 is 143 Å². The third-order valence-corrected chi connectivity index (χ3v) is 28.1. The van der Waals surface area contributed by atoms with Crippen LogP contribution < -0.4 is 31.1 Å². The number of fused-ring (bicyclic) bond motifs is 8. The lowest BCUT2D eigenvalue weighted by Gasteiger charge is -2.45. The lowest BCUT2D eigenvalue weighted by molar-refractivity contribution is 0.898. The van der Waals surface area contributed by atoms with Crippen LogP contribution in [0.2, 0.25) is 0 Å². The molecule has 2 heterocycles. The Bertz CT molecular complexity index is 7640. The lowest BCUT2D eigenvalue weighted by Crippen LogP contribution is -2.62. The van der Waals surface area contributed by atoms with Crippen LogP contribution in [0, 0.1) is 0 Å². The van der Waals surface area contributed by atoms with Gasteiger partial charge in [-0.25, -0.2) is 0 Å². The maximum absolute atomic E-state index is 2.79. The van der Waals surface area contributed by atoms with E-state index in [0.29, 0.717) is 19.6 Å². The summed E-state index contributed by atoms with van der Waals surface area (Å²) in [5.41, 5.74) is 34.8. The van der Waals surface area contributed by atoms with Crippen molar-refractivity contribution < 1.29 is 0 Å². The van der Waals surface area contributed by atoms with Crippen LogP contribution >= 0.6 is 0 Å². The van der Waals surface area contributed by atoms with Crippen LogP contribution in [0.1, 0.15) is 38.9 Å². The van der Waals surface area contributed by atoms with Gasteiger partial charge in [0, 0.05) is 53.8 Å². The van der Waals surface area contributed by atoms with Gasteiger partial charge in [-0.1, -0.05) is 400 Å². The quantitative estimate of drug-likeness (QED) is 0.0428.